The zero-order chi connectivity index (χ0) is 11.9. The molecule has 0 unspecified atom stereocenters. The summed E-state index contributed by atoms with van der Waals surface area (Å²) >= 11 is 0. The molecule has 0 bridgehead atoms. The van der Waals surface area contributed by atoms with Crippen LogP contribution in [0.4, 0.5) is 0 Å². The van der Waals surface area contributed by atoms with Gasteiger partial charge in [-0.1, -0.05) is 26.7 Å². The first-order valence-corrected chi connectivity index (χ1v) is 6.71. The van der Waals surface area contributed by atoms with E-state index in [1.54, 1.807) is 0 Å². The average Bonchev–Trinajstić information content (AvgIpc) is 2.79. The highest BCUT2D eigenvalue weighted by Crippen LogP contribution is 2.40. The maximum Gasteiger partial charge on any atom is 0.190 e. The van der Waals surface area contributed by atoms with Crippen LogP contribution in [0.25, 0.3) is 0 Å². The smallest absolute Gasteiger partial charge is 0.190 e. The van der Waals surface area contributed by atoms with E-state index in [2.05, 4.69) is 29.5 Å². The summed E-state index contributed by atoms with van der Waals surface area (Å²) in [6.07, 6.45) is 7.97. The van der Waals surface area contributed by atoms with Gasteiger partial charge in [-0.25, -0.2) is 0 Å². The first kappa shape index (κ1) is 17.0. The molecule has 17 heavy (non-hydrogen) atoms. The summed E-state index contributed by atoms with van der Waals surface area (Å²) in [5.74, 6) is 0.960. The van der Waals surface area contributed by atoms with Crippen LogP contribution in [0.2, 0.25) is 0 Å². The predicted molar refractivity (Wildman–Crippen MR) is 86.3 cm³/mol. The summed E-state index contributed by atoms with van der Waals surface area (Å²) < 4.78 is 0. The molecule has 0 radical (unpaired) electrons. The minimum Gasteiger partial charge on any atom is -0.356 e. The molecule has 1 fully saturated rings. The molecule has 0 amide bonds. The van der Waals surface area contributed by atoms with Gasteiger partial charge in [-0.3, -0.25) is 4.99 Å². The highest BCUT2D eigenvalue weighted by Gasteiger charge is 2.31. The molecule has 0 heterocycles. The van der Waals surface area contributed by atoms with Crippen molar-refractivity contribution in [2.24, 2.45) is 10.4 Å². The van der Waals surface area contributed by atoms with Crippen molar-refractivity contribution in [3.8, 4) is 0 Å². The Labute approximate surface area is 123 Å². The summed E-state index contributed by atoms with van der Waals surface area (Å²) in [6.45, 7) is 6.56. The standard InChI is InChI=1S/C13H27N3.HI/c1-4-10-15-12(14-3)16-11-13(5-2)8-6-7-9-13;/h4-11H2,1-3H3,(H2,14,15,16);1H. The second-order valence-electron chi connectivity index (χ2n) is 4.91. The SMILES string of the molecule is CCCNC(=NC)NCC1(CC)CCCC1.I. The van der Waals surface area contributed by atoms with E-state index < -0.39 is 0 Å². The van der Waals surface area contributed by atoms with Gasteiger partial charge in [0.1, 0.15) is 0 Å². The summed E-state index contributed by atoms with van der Waals surface area (Å²) in [5, 5.41) is 6.80. The maximum absolute atomic E-state index is 4.25. The third kappa shape index (κ3) is 5.44. The zero-order valence-corrected chi connectivity index (χ0v) is 13.8. The molecule has 0 aliphatic heterocycles. The quantitative estimate of drug-likeness (QED) is 0.453. The Morgan fingerprint density at radius 2 is 1.82 bits per heavy atom. The first-order valence-electron chi connectivity index (χ1n) is 6.71. The van der Waals surface area contributed by atoms with Crippen molar-refractivity contribution in [3.63, 3.8) is 0 Å². The van der Waals surface area contributed by atoms with Gasteiger partial charge in [0, 0.05) is 20.1 Å². The lowest BCUT2D eigenvalue weighted by molar-refractivity contribution is 0.283. The molecule has 0 saturated heterocycles. The average molecular weight is 353 g/mol. The fraction of sp³-hybridized carbons (Fsp3) is 0.923. The predicted octanol–water partition coefficient (Wildman–Crippen LogP) is 3.15. The second-order valence-corrected chi connectivity index (χ2v) is 4.91. The van der Waals surface area contributed by atoms with Crippen LogP contribution in [0.5, 0.6) is 0 Å². The molecule has 1 saturated carbocycles. The number of aliphatic imine (C=N–C) groups is 1. The van der Waals surface area contributed by atoms with Gasteiger partial charge in [0.15, 0.2) is 5.96 Å². The van der Waals surface area contributed by atoms with E-state index in [1.807, 2.05) is 7.05 Å². The Morgan fingerprint density at radius 3 is 2.29 bits per heavy atom. The van der Waals surface area contributed by atoms with Gasteiger partial charge in [0.05, 0.1) is 0 Å². The Balaban J connectivity index is 0.00000256. The minimum absolute atomic E-state index is 0. The molecule has 1 aliphatic carbocycles. The largest absolute Gasteiger partial charge is 0.356 e. The van der Waals surface area contributed by atoms with Gasteiger partial charge in [-0.15, -0.1) is 24.0 Å². The zero-order valence-electron chi connectivity index (χ0n) is 11.5. The summed E-state index contributed by atoms with van der Waals surface area (Å²) in [4.78, 5) is 4.25. The van der Waals surface area contributed by atoms with Crippen LogP contribution in [-0.2, 0) is 0 Å². The molecule has 3 nitrogen and oxygen atoms in total. The Bertz CT molecular complexity index is 223. The van der Waals surface area contributed by atoms with E-state index in [4.69, 9.17) is 0 Å². The van der Waals surface area contributed by atoms with E-state index >= 15 is 0 Å². The molecule has 0 spiro atoms. The Kier molecular flexibility index (Phi) is 9.00. The molecular formula is C13H28IN3. The van der Waals surface area contributed by atoms with E-state index in [1.165, 1.54) is 32.1 Å². The molecule has 2 N–H and O–H groups in total. The molecule has 4 heteroatoms. The van der Waals surface area contributed by atoms with Gasteiger partial charge in [-0.05, 0) is 31.1 Å². The molecule has 1 rings (SSSR count). The van der Waals surface area contributed by atoms with E-state index in [9.17, 15) is 0 Å². The second kappa shape index (κ2) is 9.00. The Hall–Kier alpha value is 0. The van der Waals surface area contributed by atoms with Crippen LogP contribution < -0.4 is 10.6 Å². The van der Waals surface area contributed by atoms with Gasteiger partial charge >= 0.3 is 0 Å². The highest BCUT2D eigenvalue weighted by molar-refractivity contribution is 14.0. The number of hydrogen-bond donors (Lipinski definition) is 2. The van der Waals surface area contributed by atoms with Crippen LogP contribution in [-0.4, -0.2) is 26.1 Å². The summed E-state index contributed by atoms with van der Waals surface area (Å²) in [6, 6.07) is 0. The van der Waals surface area contributed by atoms with Crippen molar-refractivity contribution in [1.82, 2.24) is 10.6 Å². The van der Waals surface area contributed by atoms with Crippen LogP contribution >= 0.6 is 24.0 Å². The maximum atomic E-state index is 4.25. The van der Waals surface area contributed by atoms with E-state index in [0.717, 1.165) is 25.5 Å². The van der Waals surface area contributed by atoms with Crippen molar-refractivity contribution in [2.45, 2.75) is 52.4 Å². The minimum atomic E-state index is 0. The lowest BCUT2D eigenvalue weighted by Crippen LogP contribution is -2.43. The number of nitrogens with zero attached hydrogens (tertiary/aromatic N) is 1. The van der Waals surface area contributed by atoms with Crippen molar-refractivity contribution in [1.29, 1.82) is 0 Å². The first-order chi connectivity index (χ1) is 7.76. The van der Waals surface area contributed by atoms with Crippen LogP contribution in [0.15, 0.2) is 4.99 Å². The van der Waals surface area contributed by atoms with Crippen molar-refractivity contribution in [2.75, 3.05) is 20.1 Å². The highest BCUT2D eigenvalue weighted by atomic mass is 127. The Morgan fingerprint density at radius 1 is 1.18 bits per heavy atom. The molecule has 0 aromatic carbocycles. The molecule has 0 atom stereocenters. The third-order valence-corrected chi connectivity index (χ3v) is 3.81. The number of nitrogens with one attached hydrogen (secondary N) is 2. The molecule has 102 valence electrons. The summed E-state index contributed by atoms with van der Waals surface area (Å²) in [5.41, 5.74) is 0.532. The van der Waals surface area contributed by atoms with Crippen molar-refractivity contribution < 1.29 is 0 Å². The van der Waals surface area contributed by atoms with Gasteiger partial charge in [0.2, 0.25) is 0 Å². The number of hydrogen-bond acceptors (Lipinski definition) is 1. The van der Waals surface area contributed by atoms with Gasteiger partial charge in [-0.2, -0.15) is 0 Å². The van der Waals surface area contributed by atoms with Crippen LogP contribution in [0.1, 0.15) is 52.4 Å². The van der Waals surface area contributed by atoms with E-state index in [0.29, 0.717) is 5.41 Å². The van der Waals surface area contributed by atoms with Crippen LogP contribution in [0.3, 0.4) is 0 Å². The fourth-order valence-electron chi connectivity index (χ4n) is 2.52. The lowest BCUT2D eigenvalue weighted by Gasteiger charge is -2.28. The van der Waals surface area contributed by atoms with Gasteiger partial charge < -0.3 is 10.6 Å². The number of halogens is 1. The normalized spacial score (nSPS) is 18.6. The monoisotopic (exact) mass is 353 g/mol. The molecule has 0 aromatic heterocycles. The van der Waals surface area contributed by atoms with Crippen molar-refractivity contribution >= 4 is 29.9 Å². The van der Waals surface area contributed by atoms with E-state index in [-0.39, 0.29) is 24.0 Å². The number of guanidine groups is 1. The summed E-state index contributed by atoms with van der Waals surface area (Å²) in [7, 11) is 1.85. The third-order valence-electron chi connectivity index (χ3n) is 3.81. The molecule has 0 aromatic rings. The van der Waals surface area contributed by atoms with Gasteiger partial charge in [0.25, 0.3) is 0 Å². The number of rotatable bonds is 5. The fourth-order valence-corrected chi connectivity index (χ4v) is 2.52. The molecule has 1 aliphatic rings. The van der Waals surface area contributed by atoms with Crippen molar-refractivity contribution in [3.05, 3.63) is 0 Å². The van der Waals surface area contributed by atoms with Crippen LogP contribution in [0, 0.1) is 5.41 Å². The lowest BCUT2D eigenvalue weighted by atomic mass is 9.83. The molecular weight excluding hydrogens is 325 g/mol. The topological polar surface area (TPSA) is 36.4 Å².